The van der Waals surface area contributed by atoms with Gasteiger partial charge in [0.25, 0.3) is 0 Å². The molecule has 0 spiro atoms. The first-order valence-corrected chi connectivity index (χ1v) is 8.51. The van der Waals surface area contributed by atoms with Gasteiger partial charge in [-0.05, 0) is 65.5 Å². The predicted octanol–water partition coefficient (Wildman–Crippen LogP) is 3.38. The van der Waals surface area contributed by atoms with E-state index >= 15 is 0 Å². The minimum absolute atomic E-state index is 0. The van der Waals surface area contributed by atoms with Crippen molar-refractivity contribution < 1.29 is 9.13 Å². The lowest BCUT2D eigenvalue weighted by Gasteiger charge is -2.36. The van der Waals surface area contributed by atoms with Crippen molar-refractivity contribution in [2.45, 2.75) is 18.9 Å². The summed E-state index contributed by atoms with van der Waals surface area (Å²) in [6, 6.07) is 5.18. The Kier molecular flexibility index (Phi) is 7.09. The molecule has 1 aromatic rings. The zero-order valence-corrected chi connectivity index (χ0v) is 15.0. The van der Waals surface area contributed by atoms with Crippen LogP contribution in [-0.4, -0.2) is 44.2 Å². The fraction of sp³-hybridized carbons (Fsp3) is 0.625. The van der Waals surface area contributed by atoms with Gasteiger partial charge in [0.15, 0.2) is 0 Å². The van der Waals surface area contributed by atoms with Gasteiger partial charge in [0.1, 0.15) is 5.82 Å². The van der Waals surface area contributed by atoms with Gasteiger partial charge < -0.3 is 10.1 Å². The molecule has 2 heterocycles. The van der Waals surface area contributed by atoms with Gasteiger partial charge in [0.05, 0.1) is 17.2 Å². The number of ether oxygens (including phenoxy) is 1. The lowest BCUT2D eigenvalue weighted by Crippen LogP contribution is -2.43. The van der Waals surface area contributed by atoms with Crippen molar-refractivity contribution in [3.05, 3.63) is 34.1 Å². The molecule has 0 aliphatic carbocycles. The van der Waals surface area contributed by atoms with Gasteiger partial charge in [0, 0.05) is 19.6 Å². The zero-order valence-electron chi connectivity index (χ0n) is 12.6. The maximum Gasteiger partial charge on any atom is 0.137 e. The molecule has 0 amide bonds. The first-order valence-electron chi connectivity index (χ1n) is 7.72. The normalized spacial score (nSPS) is 24.0. The summed E-state index contributed by atoms with van der Waals surface area (Å²) >= 11 is 3.26. The monoisotopic (exact) mass is 392 g/mol. The fourth-order valence-corrected chi connectivity index (χ4v) is 3.61. The SMILES string of the molecule is Cl.Fc1ccc(C2CN(CC3CCNCC3)CCO2)cc1Br. The maximum absolute atomic E-state index is 13.3. The third kappa shape index (κ3) is 4.65. The summed E-state index contributed by atoms with van der Waals surface area (Å²) in [5, 5.41) is 3.41. The number of nitrogens with zero attached hydrogens (tertiary/aromatic N) is 1. The van der Waals surface area contributed by atoms with E-state index in [9.17, 15) is 4.39 Å². The number of hydrogen-bond donors (Lipinski definition) is 1. The summed E-state index contributed by atoms with van der Waals surface area (Å²) in [5.41, 5.74) is 1.05. The van der Waals surface area contributed by atoms with Crippen LogP contribution in [0.2, 0.25) is 0 Å². The Morgan fingerprint density at radius 1 is 1.32 bits per heavy atom. The van der Waals surface area contributed by atoms with E-state index in [1.807, 2.05) is 12.1 Å². The average molecular weight is 394 g/mol. The van der Waals surface area contributed by atoms with Crippen LogP contribution in [0.4, 0.5) is 4.39 Å². The second-order valence-electron chi connectivity index (χ2n) is 5.99. The molecule has 1 atom stereocenters. The van der Waals surface area contributed by atoms with Crippen molar-refractivity contribution in [3.8, 4) is 0 Å². The summed E-state index contributed by atoms with van der Waals surface area (Å²) in [4.78, 5) is 2.50. The lowest BCUT2D eigenvalue weighted by atomic mass is 9.97. The van der Waals surface area contributed by atoms with E-state index in [2.05, 4.69) is 26.1 Å². The molecule has 22 heavy (non-hydrogen) atoms. The molecule has 3 rings (SSSR count). The molecule has 6 heteroatoms. The molecule has 3 nitrogen and oxygen atoms in total. The Morgan fingerprint density at radius 2 is 2.09 bits per heavy atom. The first kappa shape index (κ1) is 18.1. The molecular weight excluding hydrogens is 371 g/mol. The van der Waals surface area contributed by atoms with Crippen LogP contribution in [0.15, 0.2) is 22.7 Å². The highest BCUT2D eigenvalue weighted by Gasteiger charge is 2.25. The Hall–Kier alpha value is -0.200. The Bertz CT molecular complexity index is 485. The highest BCUT2D eigenvalue weighted by molar-refractivity contribution is 9.10. The fourth-order valence-electron chi connectivity index (χ4n) is 3.21. The van der Waals surface area contributed by atoms with Gasteiger partial charge >= 0.3 is 0 Å². The second-order valence-corrected chi connectivity index (χ2v) is 6.84. The number of rotatable bonds is 3. The summed E-state index contributed by atoms with van der Waals surface area (Å²) < 4.78 is 19.7. The molecule has 0 saturated carbocycles. The van der Waals surface area contributed by atoms with E-state index < -0.39 is 0 Å². The van der Waals surface area contributed by atoms with Crippen LogP contribution in [0.5, 0.6) is 0 Å². The van der Waals surface area contributed by atoms with Gasteiger partial charge in [-0.3, -0.25) is 4.90 Å². The summed E-state index contributed by atoms with van der Waals surface area (Å²) in [6.07, 6.45) is 2.59. The molecule has 2 saturated heterocycles. The average Bonchev–Trinajstić information content (AvgIpc) is 2.51. The van der Waals surface area contributed by atoms with E-state index in [0.29, 0.717) is 4.47 Å². The molecule has 1 unspecified atom stereocenters. The highest BCUT2D eigenvalue weighted by Crippen LogP contribution is 2.27. The van der Waals surface area contributed by atoms with E-state index in [4.69, 9.17) is 4.74 Å². The van der Waals surface area contributed by atoms with Crippen LogP contribution >= 0.6 is 28.3 Å². The number of nitrogens with one attached hydrogen (secondary N) is 1. The Labute approximate surface area is 146 Å². The molecule has 2 fully saturated rings. The van der Waals surface area contributed by atoms with Crippen LogP contribution in [0.3, 0.4) is 0 Å². The third-order valence-corrected chi connectivity index (χ3v) is 5.05. The van der Waals surface area contributed by atoms with Crippen molar-refractivity contribution in [3.63, 3.8) is 0 Å². The number of hydrogen-bond acceptors (Lipinski definition) is 3. The van der Waals surface area contributed by atoms with E-state index in [1.165, 1.54) is 18.9 Å². The zero-order chi connectivity index (χ0) is 14.7. The number of piperidine rings is 1. The first-order chi connectivity index (χ1) is 10.2. The summed E-state index contributed by atoms with van der Waals surface area (Å²) in [6.45, 7) is 6.10. The third-order valence-electron chi connectivity index (χ3n) is 4.44. The molecule has 0 radical (unpaired) electrons. The standard InChI is InChI=1S/C16H22BrFN2O.ClH/c17-14-9-13(1-2-15(14)18)16-11-20(7-8-21-16)10-12-3-5-19-6-4-12;/h1-2,9,12,16,19H,3-8,10-11H2;1H. The van der Waals surface area contributed by atoms with Crippen LogP contribution in [0, 0.1) is 11.7 Å². The van der Waals surface area contributed by atoms with Gasteiger partial charge in [0.2, 0.25) is 0 Å². The minimum Gasteiger partial charge on any atom is -0.371 e. The van der Waals surface area contributed by atoms with E-state index in [0.717, 1.165) is 50.8 Å². The number of benzene rings is 1. The second kappa shape index (κ2) is 8.60. The van der Waals surface area contributed by atoms with Crippen LogP contribution in [-0.2, 0) is 4.74 Å². The molecule has 0 bridgehead atoms. The highest BCUT2D eigenvalue weighted by atomic mass is 79.9. The Morgan fingerprint density at radius 3 is 2.82 bits per heavy atom. The largest absolute Gasteiger partial charge is 0.371 e. The maximum atomic E-state index is 13.3. The van der Waals surface area contributed by atoms with Crippen molar-refractivity contribution in [1.29, 1.82) is 0 Å². The van der Waals surface area contributed by atoms with Crippen LogP contribution in [0.1, 0.15) is 24.5 Å². The molecule has 0 aromatic heterocycles. The lowest BCUT2D eigenvalue weighted by molar-refractivity contribution is -0.0357. The topological polar surface area (TPSA) is 24.5 Å². The molecule has 1 aromatic carbocycles. The van der Waals surface area contributed by atoms with E-state index in [-0.39, 0.29) is 24.3 Å². The quantitative estimate of drug-likeness (QED) is 0.852. The van der Waals surface area contributed by atoms with Gasteiger partial charge in [-0.25, -0.2) is 4.39 Å². The number of morpholine rings is 1. The van der Waals surface area contributed by atoms with Gasteiger partial charge in [-0.15, -0.1) is 12.4 Å². The van der Waals surface area contributed by atoms with Crippen molar-refractivity contribution in [2.75, 3.05) is 39.3 Å². The minimum atomic E-state index is -0.221. The van der Waals surface area contributed by atoms with E-state index in [1.54, 1.807) is 0 Å². The Balaban J connectivity index is 0.00000176. The van der Waals surface area contributed by atoms with Crippen LogP contribution < -0.4 is 5.32 Å². The number of halogens is 3. The molecule has 124 valence electrons. The van der Waals surface area contributed by atoms with Crippen LogP contribution in [0.25, 0.3) is 0 Å². The molecule has 2 aliphatic rings. The predicted molar refractivity (Wildman–Crippen MR) is 92.1 cm³/mol. The summed E-state index contributed by atoms with van der Waals surface area (Å²) in [7, 11) is 0. The van der Waals surface area contributed by atoms with Gasteiger partial charge in [-0.2, -0.15) is 0 Å². The summed E-state index contributed by atoms with van der Waals surface area (Å²) in [5.74, 6) is 0.575. The molecular formula is C16H23BrClFN2O. The molecule has 2 aliphatic heterocycles. The van der Waals surface area contributed by atoms with Crippen molar-refractivity contribution in [2.24, 2.45) is 5.92 Å². The van der Waals surface area contributed by atoms with Gasteiger partial charge in [-0.1, -0.05) is 6.07 Å². The van der Waals surface area contributed by atoms with Crippen molar-refractivity contribution >= 4 is 28.3 Å². The smallest absolute Gasteiger partial charge is 0.137 e. The van der Waals surface area contributed by atoms with Crippen molar-refractivity contribution in [1.82, 2.24) is 10.2 Å². The molecule has 1 N–H and O–H groups in total.